The first kappa shape index (κ1) is 35.0. The van der Waals surface area contributed by atoms with Crippen molar-refractivity contribution < 1.29 is 4.74 Å². The monoisotopic (exact) mass is 521 g/mol. The van der Waals surface area contributed by atoms with Crippen LogP contribution in [0.15, 0.2) is 60.7 Å². The standard InChI is InChI=1S/C25H31N3O.C5H12.2C2H6/c1-3-4-6-9-20-13-14-22(26)23(16-20)27-17-24-25(15-12-19(2)28-24)29-18-21-10-7-5-8-11-21;1-5(2,3)4;2*1-2/h5,7-8,10-16,27H,3-4,6,9,17-18,26H2,1-2H3;1-4H3;2*1-2H3. The Hall–Kier alpha value is -3.01. The van der Waals surface area contributed by atoms with Crippen LogP contribution in [-0.4, -0.2) is 4.98 Å². The zero-order valence-corrected chi connectivity index (χ0v) is 25.9. The Kier molecular flexibility index (Phi) is 18.4. The molecule has 0 fully saturated rings. The fourth-order valence-electron chi connectivity index (χ4n) is 3.26. The Morgan fingerprint density at radius 3 is 2.08 bits per heavy atom. The molecule has 4 heteroatoms. The quantitative estimate of drug-likeness (QED) is 0.206. The number of hydrogen-bond acceptors (Lipinski definition) is 4. The number of pyridine rings is 1. The van der Waals surface area contributed by atoms with Gasteiger partial charge < -0.3 is 15.8 Å². The molecule has 0 bridgehead atoms. The molecule has 0 unspecified atom stereocenters. The van der Waals surface area contributed by atoms with E-state index in [9.17, 15) is 0 Å². The third-order valence-electron chi connectivity index (χ3n) is 4.94. The molecular weight excluding hydrogens is 466 g/mol. The van der Waals surface area contributed by atoms with Crippen LogP contribution in [0.5, 0.6) is 5.75 Å². The molecule has 2 aromatic carbocycles. The van der Waals surface area contributed by atoms with E-state index in [0.29, 0.717) is 18.6 Å². The van der Waals surface area contributed by atoms with Crippen LogP contribution in [0.4, 0.5) is 11.4 Å². The maximum Gasteiger partial charge on any atom is 0.143 e. The van der Waals surface area contributed by atoms with Gasteiger partial charge in [-0.15, -0.1) is 0 Å². The number of nitrogens with two attached hydrogens (primary N) is 1. The fraction of sp³-hybridized carbons (Fsp3) is 0.500. The van der Waals surface area contributed by atoms with E-state index in [1.54, 1.807) is 0 Å². The molecule has 0 aliphatic heterocycles. The van der Waals surface area contributed by atoms with E-state index in [1.165, 1.54) is 24.8 Å². The Balaban J connectivity index is 0.00000134. The Bertz CT molecular complexity index is 988. The number of nitrogens with one attached hydrogen (secondary N) is 1. The minimum atomic E-state index is 0.500. The number of aryl methyl sites for hydroxylation is 2. The van der Waals surface area contributed by atoms with Gasteiger partial charge in [0.15, 0.2) is 0 Å². The van der Waals surface area contributed by atoms with Crippen molar-refractivity contribution in [2.24, 2.45) is 5.41 Å². The van der Waals surface area contributed by atoms with Gasteiger partial charge in [0, 0.05) is 5.69 Å². The highest BCUT2D eigenvalue weighted by atomic mass is 16.5. The van der Waals surface area contributed by atoms with Crippen molar-refractivity contribution in [3.8, 4) is 5.75 Å². The van der Waals surface area contributed by atoms with Crippen LogP contribution in [0.1, 0.15) is 104 Å². The highest BCUT2D eigenvalue weighted by molar-refractivity contribution is 5.67. The van der Waals surface area contributed by atoms with E-state index in [2.05, 4.69) is 69.2 Å². The first-order valence-electron chi connectivity index (χ1n) is 14.4. The summed E-state index contributed by atoms with van der Waals surface area (Å²) in [5, 5.41) is 3.46. The topological polar surface area (TPSA) is 60.2 Å². The summed E-state index contributed by atoms with van der Waals surface area (Å²) in [5.74, 6) is 0.796. The van der Waals surface area contributed by atoms with Crippen LogP contribution in [0.25, 0.3) is 0 Å². The lowest BCUT2D eigenvalue weighted by molar-refractivity contribution is 0.301. The molecule has 0 radical (unpaired) electrons. The van der Waals surface area contributed by atoms with Gasteiger partial charge in [0.25, 0.3) is 0 Å². The Labute approximate surface area is 234 Å². The van der Waals surface area contributed by atoms with E-state index in [1.807, 2.05) is 71.0 Å². The van der Waals surface area contributed by atoms with Gasteiger partial charge in [-0.25, -0.2) is 0 Å². The molecule has 1 heterocycles. The van der Waals surface area contributed by atoms with Gasteiger partial charge in [-0.1, -0.05) is 112 Å². The molecule has 0 saturated carbocycles. The molecule has 0 aliphatic rings. The molecule has 4 nitrogen and oxygen atoms in total. The Morgan fingerprint density at radius 1 is 0.842 bits per heavy atom. The maximum atomic E-state index is 6.20. The number of nitrogen functional groups attached to an aromatic ring is 1. The van der Waals surface area contributed by atoms with E-state index in [4.69, 9.17) is 10.5 Å². The van der Waals surface area contributed by atoms with Gasteiger partial charge in [0.05, 0.1) is 17.9 Å². The molecule has 38 heavy (non-hydrogen) atoms. The van der Waals surface area contributed by atoms with E-state index in [-0.39, 0.29) is 0 Å². The lowest BCUT2D eigenvalue weighted by Crippen LogP contribution is -2.08. The third-order valence-corrected chi connectivity index (χ3v) is 4.94. The lowest BCUT2D eigenvalue weighted by atomic mass is 10.0. The van der Waals surface area contributed by atoms with Gasteiger partial charge in [-0.2, -0.15) is 0 Å². The number of ether oxygens (including phenoxy) is 1. The number of anilines is 2. The zero-order chi connectivity index (χ0) is 29.0. The minimum absolute atomic E-state index is 0.500. The molecule has 3 rings (SSSR count). The van der Waals surface area contributed by atoms with Gasteiger partial charge in [-0.3, -0.25) is 4.98 Å². The van der Waals surface area contributed by atoms with Crippen molar-refractivity contribution in [2.75, 3.05) is 11.1 Å². The average molecular weight is 522 g/mol. The second-order valence-corrected chi connectivity index (χ2v) is 10.4. The summed E-state index contributed by atoms with van der Waals surface area (Å²) in [6.07, 6.45) is 4.76. The molecule has 0 spiro atoms. The summed E-state index contributed by atoms with van der Waals surface area (Å²) in [6.45, 7) is 22.1. The normalized spacial score (nSPS) is 10.1. The van der Waals surface area contributed by atoms with Crippen molar-refractivity contribution >= 4 is 11.4 Å². The molecule has 1 aromatic heterocycles. The van der Waals surface area contributed by atoms with Crippen LogP contribution in [-0.2, 0) is 19.6 Å². The van der Waals surface area contributed by atoms with Gasteiger partial charge in [0.2, 0.25) is 0 Å². The van der Waals surface area contributed by atoms with E-state index >= 15 is 0 Å². The first-order chi connectivity index (χ1) is 18.2. The highest BCUT2D eigenvalue weighted by Gasteiger charge is 2.09. The molecule has 212 valence electrons. The van der Waals surface area contributed by atoms with Crippen molar-refractivity contribution in [3.63, 3.8) is 0 Å². The van der Waals surface area contributed by atoms with E-state index < -0.39 is 0 Å². The average Bonchev–Trinajstić information content (AvgIpc) is 2.90. The van der Waals surface area contributed by atoms with E-state index in [0.717, 1.165) is 40.5 Å². The third kappa shape index (κ3) is 16.0. The van der Waals surface area contributed by atoms with Crippen molar-refractivity contribution in [2.45, 2.75) is 108 Å². The summed E-state index contributed by atoms with van der Waals surface area (Å²) in [7, 11) is 0. The number of nitrogens with zero attached hydrogens (tertiary/aromatic N) is 1. The number of aromatic nitrogens is 1. The Morgan fingerprint density at radius 2 is 1.47 bits per heavy atom. The number of benzene rings is 2. The van der Waals surface area contributed by atoms with Crippen LogP contribution in [0, 0.1) is 12.3 Å². The SMILES string of the molecule is CC.CC.CC(C)(C)C.CCCCCc1ccc(N)c(NCc2nc(C)ccc2OCc2ccccc2)c1. The fourth-order valence-corrected chi connectivity index (χ4v) is 3.26. The highest BCUT2D eigenvalue weighted by Crippen LogP contribution is 2.24. The number of unbranched alkanes of at least 4 members (excludes halogenated alkanes) is 2. The van der Waals surface area contributed by atoms with Crippen LogP contribution in [0.3, 0.4) is 0 Å². The molecule has 3 N–H and O–H groups in total. The molecule has 0 amide bonds. The van der Waals surface area contributed by atoms with Crippen molar-refractivity contribution in [1.29, 1.82) is 0 Å². The van der Waals surface area contributed by atoms with Crippen molar-refractivity contribution in [3.05, 3.63) is 83.2 Å². The lowest BCUT2D eigenvalue weighted by Gasteiger charge is -2.15. The smallest absolute Gasteiger partial charge is 0.143 e. The molecular formula is C34H55N3O. The van der Waals surface area contributed by atoms with Crippen LogP contribution >= 0.6 is 0 Å². The minimum Gasteiger partial charge on any atom is -0.487 e. The summed E-state index contributed by atoms with van der Waals surface area (Å²) >= 11 is 0. The summed E-state index contributed by atoms with van der Waals surface area (Å²) in [5.41, 5.74) is 12.7. The molecule has 0 atom stereocenters. The largest absolute Gasteiger partial charge is 0.487 e. The first-order valence-corrected chi connectivity index (χ1v) is 14.4. The second kappa shape index (κ2) is 20.0. The van der Waals surface area contributed by atoms with Crippen LogP contribution < -0.4 is 15.8 Å². The molecule has 0 saturated heterocycles. The predicted molar refractivity (Wildman–Crippen MR) is 169 cm³/mol. The maximum absolute atomic E-state index is 6.20. The number of rotatable bonds is 10. The molecule has 0 aliphatic carbocycles. The van der Waals surface area contributed by atoms with Crippen molar-refractivity contribution in [1.82, 2.24) is 4.98 Å². The van der Waals surface area contributed by atoms with Gasteiger partial charge >= 0.3 is 0 Å². The predicted octanol–water partition coefficient (Wildman–Crippen LogP) is 10.0. The zero-order valence-electron chi connectivity index (χ0n) is 25.9. The summed E-state index contributed by atoms with van der Waals surface area (Å²) in [6, 6.07) is 20.4. The second-order valence-electron chi connectivity index (χ2n) is 10.4. The van der Waals surface area contributed by atoms with Crippen LogP contribution in [0.2, 0.25) is 0 Å². The molecule has 3 aromatic rings. The van der Waals surface area contributed by atoms with Gasteiger partial charge in [0.1, 0.15) is 18.1 Å². The van der Waals surface area contributed by atoms with Gasteiger partial charge in [-0.05, 0) is 60.6 Å². The number of hydrogen-bond donors (Lipinski definition) is 2. The summed E-state index contributed by atoms with van der Waals surface area (Å²) < 4.78 is 6.05. The summed E-state index contributed by atoms with van der Waals surface area (Å²) in [4.78, 5) is 4.68.